The summed E-state index contributed by atoms with van der Waals surface area (Å²) < 4.78 is 4.90. The van der Waals surface area contributed by atoms with Crippen molar-refractivity contribution < 1.29 is 19.1 Å². The van der Waals surface area contributed by atoms with Gasteiger partial charge < -0.3 is 10.1 Å². The average molecular weight is 290 g/mol. The van der Waals surface area contributed by atoms with E-state index in [9.17, 15) is 14.4 Å². The Bertz CT molecular complexity index is 569. The zero-order chi connectivity index (χ0) is 15.2. The lowest BCUT2D eigenvalue weighted by Crippen LogP contribution is -2.41. The summed E-state index contributed by atoms with van der Waals surface area (Å²) in [6, 6.07) is 4.84. The van der Waals surface area contributed by atoms with Crippen LogP contribution in [0.1, 0.15) is 34.8 Å². The molecule has 6 nitrogen and oxygen atoms in total. The van der Waals surface area contributed by atoms with Crippen LogP contribution in [0.25, 0.3) is 0 Å². The maximum atomic E-state index is 11.9. The lowest BCUT2D eigenvalue weighted by atomic mass is 10.1. The second kappa shape index (κ2) is 6.88. The van der Waals surface area contributed by atoms with E-state index in [1.165, 1.54) is 5.56 Å². The first-order chi connectivity index (χ1) is 10.1. The molecule has 0 spiro atoms. The average Bonchev–Trinajstić information content (AvgIpc) is 2.92. The number of urea groups is 1. The van der Waals surface area contributed by atoms with Crippen molar-refractivity contribution in [2.45, 2.75) is 26.2 Å². The van der Waals surface area contributed by atoms with Gasteiger partial charge in [0.2, 0.25) is 0 Å². The van der Waals surface area contributed by atoms with E-state index in [0.29, 0.717) is 12.1 Å². The number of esters is 1. The van der Waals surface area contributed by atoms with E-state index in [1.54, 1.807) is 13.0 Å². The van der Waals surface area contributed by atoms with Gasteiger partial charge in [0.1, 0.15) is 0 Å². The molecule has 1 aromatic rings. The van der Waals surface area contributed by atoms with Gasteiger partial charge >= 0.3 is 12.0 Å². The van der Waals surface area contributed by atoms with Crippen molar-refractivity contribution in [3.05, 3.63) is 34.9 Å². The molecule has 0 atom stereocenters. The fraction of sp³-hybridized carbons (Fsp3) is 0.400. The van der Waals surface area contributed by atoms with Gasteiger partial charge in [0, 0.05) is 6.54 Å². The van der Waals surface area contributed by atoms with Crippen LogP contribution in [-0.4, -0.2) is 31.1 Å². The third kappa shape index (κ3) is 4.05. The third-order valence-electron chi connectivity index (χ3n) is 3.26. The SMILES string of the molecule is CCNC(=O)NC(=O)COC(=O)c1ccc2c(c1)CCC2. The number of aryl methyl sites for hydroxylation is 2. The van der Waals surface area contributed by atoms with E-state index in [-0.39, 0.29) is 0 Å². The number of amides is 3. The Morgan fingerprint density at radius 2 is 1.95 bits per heavy atom. The lowest BCUT2D eigenvalue weighted by molar-refractivity contribution is -0.123. The van der Waals surface area contributed by atoms with Crippen molar-refractivity contribution >= 4 is 17.9 Å². The van der Waals surface area contributed by atoms with Crippen molar-refractivity contribution in [3.8, 4) is 0 Å². The van der Waals surface area contributed by atoms with Gasteiger partial charge in [-0.15, -0.1) is 0 Å². The molecule has 21 heavy (non-hydrogen) atoms. The summed E-state index contributed by atoms with van der Waals surface area (Å²) in [7, 11) is 0. The maximum Gasteiger partial charge on any atom is 0.338 e. The van der Waals surface area contributed by atoms with E-state index in [0.717, 1.165) is 24.8 Å². The highest BCUT2D eigenvalue weighted by Crippen LogP contribution is 2.23. The first kappa shape index (κ1) is 15.0. The number of rotatable bonds is 4. The van der Waals surface area contributed by atoms with Crippen LogP contribution in [0.3, 0.4) is 0 Å². The van der Waals surface area contributed by atoms with E-state index in [4.69, 9.17) is 4.74 Å². The van der Waals surface area contributed by atoms with Gasteiger partial charge in [0.05, 0.1) is 5.56 Å². The number of benzene rings is 1. The number of carbonyl (C=O) groups is 3. The molecule has 1 aliphatic carbocycles. The number of imide groups is 1. The van der Waals surface area contributed by atoms with Crippen LogP contribution in [0.15, 0.2) is 18.2 Å². The molecule has 6 heteroatoms. The first-order valence-corrected chi connectivity index (χ1v) is 6.96. The van der Waals surface area contributed by atoms with Crippen LogP contribution in [0.2, 0.25) is 0 Å². The number of carbonyl (C=O) groups excluding carboxylic acids is 3. The Morgan fingerprint density at radius 3 is 2.71 bits per heavy atom. The molecule has 2 N–H and O–H groups in total. The molecular formula is C15H18N2O4. The zero-order valence-electron chi connectivity index (χ0n) is 11.9. The first-order valence-electron chi connectivity index (χ1n) is 6.96. The zero-order valence-corrected chi connectivity index (χ0v) is 11.9. The predicted molar refractivity (Wildman–Crippen MR) is 76.0 cm³/mol. The van der Waals surface area contributed by atoms with Gasteiger partial charge in [-0.3, -0.25) is 10.1 Å². The highest BCUT2D eigenvalue weighted by Gasteiger charge is 2.16. The number of fused-ring (bicyclic) bond motifs is 1. The molecule has 112 valence electrons. The van der Waals surface area contributed by atoms with Crippen molar-refractivity contribution in [2.75, 3.05) is 13.2 Å². The Balaban J connectivity index is 1.84. The van der Waals surface area contributed by atoms with E-state index < -0.39 is 24.5 Å². The molecule has 0 aromatic heterocycles. The Morgan fingerprint density at radius 1 is 1.19 bits per heavy atom. The minimum atomic E-state index is -0.657. The Hall–Kier alpha value is -2.37. The minimum Gasteiger partial charge on any atom is -0.452 e. The van der Waals surface area contributed by atoms with Crippen LogP contribution >= 0.6 is 0 Å². The summed E-state index contributed by atoms with van der Waals surface area (Å²) in [5, 5.41) is 4.48. The van der Waals surface area contributed by atoms with Crippen molar-refractivity contribution in [2.24, 2.45) is 0 Å². The maximum absolute atomic E-state index is 11.9. The highest BCUT2D eigenvalue weighted by atomic mass is 16.5. The molecule has 3 amide bonds. The molecule has 0 bridgehead atoms. The Kier molecular flexibility index (Phi) is 4.92. The molecular weight excluding hydrogens is 272 g/mol. The fourth-order valence-corrected chi connectivity index (χ4v) is 2.28. The smallest absolute Gasteiger partial charge is 0.338 e. The van der Waals surface area contributed by atoms with Gasteiger partial charge in [-0.25, -0.2) is 9.59 Å². The van der Waals surface area contributed by atoms with Gasteiger partial charge in [-0.05, 0) is 49.4 Å². The molecule has 1 aliphatic rings. The summed E-state index contributed by atoms with van der Waals surface area (Å²) in [5.41, 5.74) is 2.86. The number of hydrogen-bond donors (Lipinski definition) is 2. The van der Waals surface area contributed by atoms with Crippen molar-refractivity contribution in [3.63, 3.8) is 0 Å². The van der Waals surface area contributed by atoms with E-state index >= 15 is 0 Å². The molecule has 0 saturated carbocycles. The third-order valence-corrected chi connectivity index (χ3v) is 3.26. The highest BCUT2D eigenvalue weighted by molar-refractivity contribution is 5.97. The van der Waals surface area contributed by atoms with Crippen LogP contribution in [0, 0.1) is 0 Å². The fourth-order valence-electron chi connectivity index (χ4n) is 2.28. The molecule has 0 unspecified atom stereocenters. The lowest BCUT2D eigenvalue weighted by Gasteiger charge is -2.07. The van der Waals surface area contributed by atoms with Crippen molar-refractivity contribution in [1.29, 1.82) is 0 Å². The molecule has 0 aliphatic heterocycles. The standard InChI is InChI=1S/C15H18N2O4/c1-2-16-15(20)17-13(18)9-21-14(19)12-7-6-10-4-3-5-11(10)8-12/h6-8H,2-5,9H2,1H3,(H2,16,17,18,20). The Labute approximate surface area is 122 Å². The van der Waals surface area contributed by atoms with Crippen molar-refractivity contribution in [1.82, 2.24) is 10.6 Å². The van der Waals surface area contributed by atoms with Gasteiger partial charge in [-0.1, -0.05) is 6.07 Å². The number of ether oxygens (including phenoxy) is 1. The topological polar surface area (TPSA) is 84.5 Å². The molecule has 0 saturated heterocycles. The molecule has 0 radical (unpaired) electrons. The second-order valence-corrected chi connectivity index (χ2v) is 4.82. The molecule has 0 fully saturated rings. The van der Waals surface area contributed by atoms with E-state index in [2.05, 4.69) is 10.6 Å². The monoisotopic (exact) mass is 290 g/mol. The molecule has 2 rings (SSSR count). The van der Waals surface area contributed by atoms with Crippen LogP contribution < -0.4 is 10.6 Å². The van der Waals surface area contributed by atoms with Crippen LogP contribution in [0.4, 0.5) is 4.79 Å². The summed E-state index contributed by atoms with van der Waals surface area (Å²) in [6.07, 6.45) is 3.11. The second-order valence-electron chi connectivity index (χ2n) is 4.82. The van der Waals surface area contributed by atoms with Crippen LogP contribution in [0.5, 0.6) is 0 Å². The van der Waals surface area contributed by atoms with Gasteiger partial charge in [-0.2, -0.15) is 0 Å². The molecule has 1 aromatic carbocycles. The summed E-state index contributed by atoms with van der Waals surface area (Å²) in [5.74, 6) is -1.22. The summed E-state index contributed by atoms with van der Waals surface area (Å²) in [4.78, 5) is 34.4. The summed E-state index contributed by atoms with van der Waals surface area (Å²) in [6.45, 7) is 1.67. The number of hydrogen-bond acceptors (Lipinski definition) is 4. The predicted octanol–water partition coefficient (Wildman–Crippen LogP) is 1.18. The van der Waals surface area contributed by atoms with Gasteiger partial charge in [0.25, 0.3) is 5.91 Å². The minimum absolute atomic E-state index is 0.411. The van der Waals surface area contributed by atoms with Gasteiger partial charge in [0.15, 0.2) is 6.61 Å². The molecule has 0 heterocycles. The normalized spacial score (nSPS) is 12.4. The summed E-state index contributed by atoms with van der Waals surface area (Å²) >= 11 is 0. The largest absolute Gasteiger partial charge is 0.452 e. The number of nitrogens with one attached hydrogen (secondary N) is 2. The quantitative estimate of drug-likeness (QED) is 0.815. The van der Waals surface area contributed by atoms with E-state index in [1.807, 2.05) is 12.1 Å². The van der Waals surface area contributed by atoms with Crippen LogP contribution in [-0.2, 0) is 22.4 Å².